The van der Waals surface area contributed by atoms with Crippen molar-refractivity contribution in [2.75, 3.05) is 13.1 Å². The van der Waals surface area contributed by atoms with Crippen LogP contribution >= 0.6 is 0 Å². The van der Waals surface area contributed by atoms with Crippen molar-refractivity contribution >= 4 is 10.2 Å². The summed E-state index contributed by atoms with van der Waals surface area (Å²) in [7, 11) is -3.51. The fraction of sp³-hybridized carbons (Fsp3) is 0.571. The molecule has 1 fully saturated rings. The van der Waals surface area contributed by atoms with E-state index in [1.54, 1.807) is 11.0 Å². The lowest BCUT2D eigenvalue weighted by Gasteiger charge is -2.22. The zero-order valence-corrected chi connectivity index (χ0v) is 13.9. The van der Waals surface area contributed by atoms with Gasteiger partial charge in [-0.25, -0.2) is 9.71 Å². The molecule has 3 heterocycles. The van der Waals surface area contributed by atoms with Crippen LogP contribution in [0.2, 0.25) is 0 Å². The van der Waals surface area contributed by atoms with Crippen molar-refractivity contribution in [3.05, 3.63) is 36.3 Å². The van der Waals surface area contributed by atoms with Gasteiger partial charge in [-0.05, 0) is 38.3 Å². The number of furan rings is 1. The first-order valence-electron chi connectivity index (χ1n) is 7.71. The van der Waals surface area contributed by atoms with Crippen molar-refractivity contribution in [3.8, 4) is 0 Å². The smallest absolute Gasteiger partial charge is 0.280 e. The van der Waals surface area contributed by atoms with Gasteiger partial charge in [0.2, 0.25) is 0 Å². The average molecular weight is 339 g/mol. The van der Waals surface area contributed by atoms with E-state index in [9.17, 15) is 8.42 Å². The number of aromatic nitrogens is 3. The summed E-state index contributed by atoms with van der Waals surface area (Å²) in [6, 6.07) is 3.51. The van der Waals surface area contributed by atoms with Gasteiger partial charge >= 0.3 is 0 Å². The quantitative estimate of drug-likeness (QED) is 0.766. The molecule has 3 rings (SSSR count). The van der Waals surface area contributed by atoms with Crippen LogP contribution in [0, 0.1) is 6.92 Å². The van der Waals surface area contributed by atoms with Crippen LogP contribution in [0.1, 0.15) is 36.8 Å². The first-order chi connectivity index (χ1) is 11.1. The molecule has 1 atom stereocenters. The first kappa shape index (κ1) is 16.2. The fourth-order valence-electron chi connectivity index (χ4n) is 2.82. The molecule has 0 aromatic carbocycles. The van der Waals surface area contributed by atoms with E-state index in [0.717, 1.165) is 18.6 Å². The molecule has 0 unspecified atom stereocenters. The Hall–Kier alpha value is -1.71. The lowest BCUT2D eigenvalue weighted by atomic mass is 10.2. The molecule has 9 heteroatoms. The molecule has 0 aliphatic carbocycles. The SMILES string of the molecule is Cc1ccc([C@@H]2CCCN2S(=O)(=O)NCCCn2cncn2)o1. The van der Waals surface area contributed by atoms with E-state index in [2.05, 4.69) is 14.8 Å². The van der Waals surface area contributed by atoms with Crippen LogP contribution < -0.4 is 4.72 Å². The third-order valence-electron chi connectivity index (χ3n) is 3.92. The Morgan fingerprint density at radius 2 is 2.30 bits per heavy atom. The van der Waals surface area contributed by atoms with Gasteiger partial charge in [0, 0.05) is 19.6 Å². The Bertz CT molecular complexity index is 725. The highest BCUT2D eigenvalue weighted by Crippen LogP contribution is 2.34. The molecule has 8 nitrogen and oxygen atoms in total. The van der Waals surface area contributed by atoms with Crippen molar-refractivity contribution in [3.63, 3.8) is 0 Å². The number of hydrogen-bond donors (Lipinski definition) is 1. The number of rotatable bonds is 7. The Morgan fingerprint density at radius 3 is 3.00 bits per heavy atom. The fourth-order valence-corrected chi connectivity index (χ4v) is 4.30. The molecule has 0 bridgehead atoms. The Morgan fingerprint density at radius 1 is 1.43 bits per heavy atom. The van der Waals surface area contributed by atoms with Gasteiger partial charge in [-0.3, -0.25) is 4.68 Å². The second kappa shape index (κ2) is 6.81. The first-order valence-corrected chi connectivity index (χ1v) is 9.15. The number of aryl methyl sites for hydroxylation is 2. The molecule has 2 aromatic heterocycles. The molecule has 2 aromatic rings. The Labute approximate surface area is 135 Å². The van der Waals surface area contributed by atoms with Crippen molar-refractivity contribution in [1.82, 2.24) is 23.8 Å². The molecule has 23 heavy (non-hydrogen) atoms. The monoisotopic (exact) mass is 339 g/mol. The van der Waals surface area contributed by atoms with Gasteiger partial charge in [-0.2, -0.15) is 17.8 Å². The highest BCUT2D eigenvalue weighted by Gasteiger charge is 2.36. The van der Waals surface area contributed by atoms with Crippen molar-refractivity contribution in [2.45, 2.75) is 38.8 Å². The summed E-state index contributed by atoms with van der Waals surface area (Å²) >= 11 is 0. The summed E-state index contributed by atoms with van der Waals surface area (Å²) in [5.74, 6) is 1.51. The molecule has 126 valence electrons. The van der Waals surface area contributed by atoms with Crippen LogP contribution in [0.3, 0.4) is 0 Å². The minimum Gasteiger partial charge on any atom is -0.465 e. The van der Waals surface area contributed by atoms with Crippen LogP contribution in [0.15, 0.2) is 29.2 Å². The molecule has 0 spiro atoms. The minimum atomic E-state index is -3.51. The summed E-state index contributed by atoms with van der Waals surface area (Å²) in [6.07, 6.45) is 5.35. The molecule has 0 amide bonds. The maximum atomic E-state index is 12.5. The second-order valence-electron chi connectivity index (χ2n) is 5.63. The molecule has 1 aliphatic rings. The maximum absolute atomic E-state index is 12.5. The van der Waals surface area contributed by atoms with Gasteiger partial charge in [0.15, 0.2) is 0 Å². The highest BCUT2D eigenvalue weighted by atomic mass is 32.2. The predicted octanol–water partition coefficient (Wildman–Crippen LogP) is 1.24. The number of nitrogens with zero attached hydrogens (tertiary/aromatic N) is 4. The van der Waals surface area contributed by atoms with Crippen molar-refractivity contribution in [1.29, 1.82) is 0 Å². The minimum absolute atomic E-state index is 0.212. The van der Waals surface area contributed by atoms with Gasteiger partial charge in [0.1, 0.15) is 24.2 Å². The molecule has 1 aliphatic heterocycles. The van der Waals surface area contributed by atoms with E-state index in [1.807, 2.05) is 19.1 Å². The van der Waals surface area contributed by atoms with Crippen LogP contribution in [0.4, 0.5) is 0 Å². The summed E-state index contributed by atoms with van der Waals surface area (Å²) in [5, 5.41) is 3.99. The topological polar surface area (TPSA) is 93.3 Å². The Kier molecular flexibility index (Phi) is 4.79. The van der Waals surface area contributed by atoms with Crippen molar-refractivity contribution < 1.29 is 12.8 Å². The molecular formula is C14H21N5O3S. The van der Waals surface area contributed by atoms with E-state index in [-0.39, 0.29) is 6.04 Å². The van der Waals surface area contributed by atoms with Crippen LogP contribution in [-0.2, 0) is 16.8 Å². The summed E-state index contributed by atoms with van der Waals surface area (Å²) in [4.78, 5) is 3.85. The summed E-state index contributed by atoms with van der Waals surface area (Å²) in [6.45, 7) is 3.37. The van der Waals surface area contributed by atoms with Crippen LogP contribution in [-0.4, -0.2) is 40.6 Å². The van der Waals surface area contributed by atoms with Gasteiger partial charge in [-0.15, -0.1) is 0 Å². The third kappa shape index (κ3) is 3.80. The van der Waals surface area contributed by atoms with Gasteiger partial charge in [-0.1, -0.05) is 0 Å². The molecule has 0 radical (unpaired) electrons. The zero-order chi connectivity index (χ0) is 16.3. The summed E-state index contributed by atoms with van der Waals surface area (Å²) in [5.41, 5.74) is 0. The normalized spacial score (nSPS) is 19.4. The molecule has 1 saturated heterocycles. The van der Waals surface area contributed by atoms with Gasteiger partial charge < -0.3 is 4.42 Å². The average Bonchev–Trinajstić information content (AvgIpc) is 3.24. The second-order valence-corrected chi connectivity index (χ2v) is 7.34. The molecule has 1 N–H and O–H groups in total. The van der Waals surface area contributed by atoms with Crippen molar-refractivity contribution in [2.24, 2.45) is 0 Å². The summed E-state index contributed by atoms with van der Waals surface area (Å²) < 4.78 is 36.5. The zero-order valence-electron chi connectivity index (χ0n) is 13.1. The van der Waals surface area contributed by atoms with E-state index in [0.29, 0.717) is 31.8 Å². The number of nitrogens with one attached hydrogen (secondary N) is 1. The standard InChI is InChI=1S/C14H21N5O3S/c1-12-5-6-14(22-12)13-4-2-9-19(13)23(20,21)17-7-3-8-18-11-15-10-16-18/h5-6,10-11,13,17H,2-4,7-9H2,1H3/t13-/m0/s1. The van der Waals surface area contributed by atoms with E-state index in [1.165, 1.54) is 10.6 Å². The molecular weight excluding hydrogens is 318 g/mol. The van der Waals surface area contributed by atoms with E-state index < -0.39 is 10.2 Å². The van der Waals surface area contributed by atoms with Gasteiger partial charge in [0.05, 0.1) is 6.04 Å². The maximum Gasteiger partial charge on any atom is 0.280 e. The lowest BCUT2D eigenvalue weighted by molar-refractivity contribution is 0.330. The molecule has 0 saturated carbocycles. The highest BCUT2D eigenvalue weighted by molar-refractivity contribution is 7.87. The van der Waals surface area contributed by atoms with E-state index >= 15 is 0 Å². The predicted molar refractivity (Wildman–Crippen MR) is 83.7 cm³/mol. The van der Waals surface area contributed by atoms with Crippen LogP contribution in [0.5, 0.6) is 0 Å². The van der Waals surface area contributed by atoms with Gasteiger partial charge in [0.25, 0.3) is 10.2 Å². The Balaban J connectivity index is 1.57. The lowest BCUT2D eigenvalue weighted by Crippen LogP contribution is -2.40. The van der Waals surface area contributed by atoms with E-state index in [4.69, 9.17) is 4.42 Å². The van der Waals surface area contributed by atoms with Crippen LogP contribution in [0.25, 0.3) is 0 Å². The number of hydrogen-bond acceptors (Lipinski definition) is 5. The largest absolute Gasteiger partial charge is 0.465 e. The third-order valence-corrected chi connectivity index (χ3v) is 5.54.